The third-order valence-corrected chi connectivity index (χ3v) is 4.75. The van der Waals surface area contributed by atoms with Gasteiger partial charge in [-0.3, -0.25) is 0 Å². The average Bonchev–Trinajstić information content (AvgIpc) is 2.95. The molecule has 1 heterocycles. The van der Waals surface area contributed by atoms with Crippen LogP contribution in [0.5, 0.6) is 0 Å². The zero-order valence-electron chi connectivity index (χ0n) is 11.5. The van der Waals surface area contributed by atoms with E-state index in [2.05, 4.69) is 9.72 Å². The summed E-state index contributed by atoms with van der Waals surface area (Å²) in [5.41, 5.74) is 1.23. The lowest BCUT2D eigenvalue weighted by atomic mass is 10.1. The van der Waals surface area contributed by atoms with Crippen LogP contribution in [0.3, 0.4) is 0 Å². The van der Waals surface area contributed by atoms with Gasteiger partial charge in [-0.25, -0.2) is 22.9 Å². The molecule has 1 aromatic carbocycles. The van der Waals surface area contributed by atoms with Crippen molar-refractivity contribution >= 4 is 29.1 Å². The summed E-state index contributed by atoms with van der Waals surface area (Å²) in [5.74, 6) is -4.09. The number of esters is 1. The fourth-order valence-electron chi connectivity index (χ4n) is 1.68. The Labute approximate surface area is 133 Å². The average molecular weight is 347 g/mol. The van der Waals surface area contributed by atoms with Gasteiger partial charge in [0.1, 0.15) is 15.7 Å². The van der Waals surface area contributed by atoms with E-state index in [-0.39, 0.29) is 11.3 Å². The maximum Gasteiger partial charge on any atom is 0.350 e. The molecule has 0 bridgehead atoms. The number of alkyl halides is 2. The monoisotopic (exact) mass is 347 g/mol. The lowest BCUT2D eigenvalue weighted by Crippen LogP contribution is -2.14. The first kappa shape index (κ1) is 16.8. The Balaban J connectivity index is 1.97. The summed E-state index contributed by atoms with van der Waals surface area (Å²) >= 11 is 2.17. The first-order chi connectivity index (χ1) is 10.4. The molecule has 0 spiro atoms. The van der Waals surface area contributed by atoms with Crippen LogP contribution in [-0.4, -0.2) is 23.8 Å². The van der Waals surface area contributed by atoms with Crippen molar-refractivity contribution in [2.45, 2.75) is 17.4 Å². The summed E-state index contributed by atoms with van der Waals surface area (Å²) in [7, 11) is 1.25. The third kappa shape index (κ3) is 4.01. The van der Waals surface area contributed by atoms with E-state index in [0.29, 0.717) is 9.90 Å². The van der Waals surface area contributed by atoms with Crippen LogP contribution in [0.2, 0.25) is 0 Å². The molecular weight excluding hydrogens is 335 g/mol. The van der Waals surface area contributed by atoms with Crippen molar-refractivity contribution in [1.29, 1.82) is 0 Å². The molecule has 0 N–H and O–H groups in total. The fraction of sp³-hybridized carbons (Fsp3) is 0.286. The summed E-state index contributed by atoms with van der Waals surface area (Å²) in [5, 5.41) is 0.381. The van der Waals surface area contributed by atoms with E-state index in [1.54, 1.807) is 0 Å². The number of ether oxygens (including phenoxy) is 1. The molecule has 1 aromatic heterocycles. The molecule has 2 aromatic rings. The molecule has 0 unspecified atom stereocenters. The first-order valence-corrected chi connectivity index (χ1v) is 8.09. The predicted octanol–water partition coefficient (Wildman–Crippen LogP) is 4.34. The van der Waals surface area contributed by atoms with E-state index < -0.39 is 24.1 Å². The molecule has 2 rings (SSSR count). The molecule has 0 radical (unpaired) electrons. The van der Waals surface area contributed by atoms with E-state index >= 15 is 0 Å². The van der Waals surface area contributed by atoms with Gasteiger partial charge < -0.3 is 4.74 Å². The highest BCUT2D eigenvalue weighted by atomic mass is 32.2. The number of methoxy groups -OCH3 is 1. The van der Waals surface area contributed by atoms with Crippen molar-refractivity contribution in [2.24, 2.45) is 0 Å². The summed E-state index contributed by atoms with van der Waals surface area (Å²) in [6, 6.07) is 4.16. The zero-order valence-corrected chi connectivity index (χ0v) is 13.1. The second-order valence-corrected chi connectivity index (χ2v) is 6.23. The Bertz CT molecular complexity index is 644. The minimum Gasteiger partial charge on any atom is -0.465 e. The molecule has 22 heavy (non-hydrogen) atoms. The van der Waals surface area contributed by atoms with Crippen molar-refractivity contribution in [1.82, 2.24) is 4.98 Å². The van der Waals surface area contributed by atoms with Crippen LogP contribution in [-0.2, 0) is 10.7 Å². The topological polar surface area (TPSA) is 39.2 Å². The first-order valence-electron chi connectivity index (χ1n) is 6.22. The molecule has 0 saturated carbocycles. The van der Waals surface area contributed by atoms with Gasteiger partial charge in [-0.05, 0) is 12.1 Å². The highest BCUT2D eigenvalue weighted by Crippen LogP contribution is 2.35. The Kier molecular flexibility index (Phi) is 5.47. The van der Waals surface area contributed by atoms with Crippen molar-refractivity contribution in [3.63, 3.8) is 0 Å². The maximum atomic E-state index is 14.0. The number of benzene rings is 1. The van der Waals surface area contributed by atoms with E-state index in [1.807, 2.05) is 0 Å². The molecule has 0 aliphatic carbocycles. The van der Waals surface area contributed by atoms with E-state index in [0.717, 1.165) is 47.4 Å². The molecule has 0 aliphatic heterocycles. The van der Waals surface area contributed by atoms with Crippen LogP contribution < -0.4 is 0 Å². The van der Waals surface area contributed by atoms with Crippen molar-refractivity contribution < 1.29 is 22.7 Å². The normalized spacial score (nSPS) is 11.5. The van der Waals surface area contributed by atoms with Crippen LogP contribution in [0.25, 0.3) is 0 Å². The Morgan fingerprint density at radius 2 is 2.05 bits per heavy atom. The number of carbonyl (C=O) groups is 1. The molecular formula is C14H12F3NO2S2. The van der Waals surface area contributed by atoms with E-state index in [4.69, 9.17) is 0 Å². The maximum absolute atomic E-state index is 14.0. The SMILES string of the molecule is COC(=O)c1scnc1SCCC(F)(F)c1ccc(F)cc1. The van der Waals surface area contributed by atoms with Gasteiger partial charge in [-0.2, -0.15) is 0 Å². The molecule has 8 heteroatoms. The van der Waals surface area contributed by atoms with Gasteiger partial charge in [0.05, 0.1) is 12.6 Å². The molecule has 0 atom stereocenters. The van der Waals surface area contributed by atoms with Gasteiger partial charge in [0, 0.05) is 17.7 Å². The van der Waals surface area contributed by atoms with E-state index in [9.17, 15) is 18.0 Å². The van der Waals surface area contributed by atoms with E-state index in [1.165, 1.54) is 12.6 Å². The predicted molar refractivity (Wildman–Crippen MR) is 79.1 cm³/mol. The van der Waals surface area contributed by atoms with Gasteiger partial charge in [-0.15, -0.1) is 23.1 Å². The summed E-state index contributed by atoms with van der Waals surface area (Å²) in [6.07, 6.45) is -0.443. The molecule has 118 valence electrons. The number of hydrogen-bond acceptors (Lipinski definition) is 5. The third-order valence-electron chi connectivity index (χ3n) is 2.83. The lowest BCUT2D eigenvalue weighted by Gasteiger charge is -2.16. The van der Waals surface area contributed by atoms with Crippen LogP contribution in [0.1, 0.15) is 21.7 Å². The van der Waals surface area contributed by atoms with Gasteiger partial charge in [-0.1, -0.05) is 12.1 Å². The Morgan fingerprint density at radius 3 is 2.68 bits per heavy atom. The van der Waals surface area contributed by atoms with Gasteiger partial charge >= 0.3 is 5.97 Å². The number of rotatable bonds is 6. The Morgan fingerprint density at radius 1 is 1.36 bits per heavy atom. The highest BCUT2D eigenvalue weighted by molar-refractivity contribution is 7.99. The molecule has 3 nitrogen and oxygen atoms in total. The van der Waals surface area contributed by atoms with Gasteiger partial charge in [0.25, 0.3) is 5.92 Å². The second-order valence-electron chi connectivity index (χ2n) is 4.29. The molecule has 0 amide bonds. The standard InChI is InChI=1S/C14H12F3NO2S2/c1-20-13(19)11-12(18-8-22-11)21-7-6-14(16,17)9-2-4-10(15)5-3-9/h2-5,8H,6-7H2,1H3. The number of hydrogen-bond donors (Lipinski definition) is 0. The lowest BCUT2D eigenvalue weighted by molar-refractivity contribution is -0.00707. The quantitative estimate of drug-likeness (QED) is 0.575. The largest absolute Gasteiger partial charge is 0.465 e. The minimum atomic E-state index is -3.07. The zero-order chi connectivity index (χ0) is 16.2. The van der Waals surface area contributed by atoms with Crippen LogP contribution in [0.15, 0.2) is 34.8 Å². The summed E-state index contributed by atoms with van der Waals surface area (Å²) in [6.45, 7) is 0. The van der Waals surface area contributed by atoms with Crippen molar-refractivity contribution in [2.75, 3.05) is 12.9 Å². The van der Waals surface area contributed by atoms with Crippen LogP contribution in [0.4, 0.5) is 13.2 Å². The molecule has 0 saturated heterocycles. The summed E-state index contributed by atoms with van der Waals surface area (Å²) in [4.78, 5) is 15.7. The summed E-state index contributed by atoms with van der Waals surface area (Å²) < 4.78 is 45.4. The van der Waals surface area contributed by atoms with Gasteiger partial charge in [0.2, 0.25) is 0 Å². The number of aromatic nitrogens is 1. The van der Waals surface area contributed by atoms with Crippen LogP contribution in [0, 0.1) is 5.82 Å². The number of thiazole rings is 1. The minimum absolute atomic E-state index is 0.0676. The molecule has 0 fully saturated rings. The molecule has 0 aliphatic rings. The van der Waals surface area contributed by atoms with Crippen molar-refractivity contribution in [3.05, 3.63) is 46.0 Å². The fourth-order valence-corrected chi connectivity index (χ4v) is 3.56. The van der Waals surface area contributed by atoms with Crippen molar-refractivity contribution in [3.8, 4) is 0 Å². The number of thioether (sulfide) groups is 1. The Hall–Kier alpha value is -1.54. The van der Waals surface area contributed by atoms with Crippen LogP contribution >= 0.6 is 23.1 Å². The second kappa shape index (κ2) is 7.15. The number of halogens is 3. The highest BCUT2D eigenvalue weighted by Gasteiger charge is 2.31. The van der Waals surface area contributed by atoms with Gasteiger partial charge in [0.15, 0.2) is 0 Å². The smallest absolute Gasteiger partial charge is 0.350 e. The number of nitrogens with zero attached hydrogens (tertiary/aromatic N) is 1. The number of carbonyl (C=O) groups excluding carboxylic acids is 1.